The molecule has 0 saturated carbocycles. The molecule has 0 saturated heterocycles. The van der Waals surface area contributed by atoms with Crippen LogP contribution in [0.1, 0.15) is 43.8 Å². The zero-order valence-electron chi connectivity index (χ0n) is 12.8. The largest absolute Gasteiger partial charge is 0.492 e. The number of nitrogen functional groups attached to an aromatic ring is 1. The molecule has 6 heteroatoms. The van der Waals surface area contributed by atoms with Crippen LogP contribution in [-0.2, 0) is 4.74 Å². The van der Waals surface area contributed by atoms with Crippen molar-refractivity contribution >= 4 is 28.0 Å². The summed E-state index contributed by atoms with van der Waals surface area (Å²) in [7, 11) is 1.55. The molecule has 1 unspecified atom stereocenters. The Morgan fingerprint density at radius 3 is 2.50 bits per heavy atom. The highest BCUT2D eigenvalue weighted by molar-refractivity contribution is 7.19. The van der Waals surface area contributed by atoms with Gasteiger partial charge in [-0.3, -0.25) is 0 Å². The van der Waals surface area contributed by atoms with Crippen molar-refractivity contribution in [1.82, 2.24) is 0 Å². The first-order chi connectivity index (χ1) is 9.46. The molecule has 0 spiro atoms. The van der Waals surface area contributed by atoms with E-state index in [1.165, 1.54) is 11.3 Å². The normalized spacial score (nSPS) is 12.3. The Kier molecular flexibility index (Phi) is 6.13. The summed E-state index contributed by atoms with van der Waals surface area (Å²) in [4.78, 5) is 12.3. The Labute approximate surface area is 124 Å². The summed E-state index contributed by atoms with van der Waals surface area (Å²) in [6.45, 7) is 8.51. The van der Waals surface area contributed by atoms with Gasteiger partial charge >= 0.3 is 5.97 Å². The van der Waals surface area contributed by atoms with Crippen molar-refractivity contribution < 1.29 is 14.3 Å². The second-order valence-corrected chi connectivity index (χ2v) is 5.85. The number of rotatable bonds is 7. The van der Waals surface area contributed by atoms with Crippen molar-refractivity contribution in [3.63, 3.8) is 0 Å². The van der Waals surface area contributed by atoms with E-state index in [1.54, 1.807) is 14.0 Å². The highest BCUT2D eigenvalue weighted by Crippen LogP contribution is 2.43. The van der Waals surface area contributed by atoms with Crippen LogP contribution in [0.3, 0.4) is 0 Å². The molecule has 0 aliphatic heterocycles. The maximum atomic E-state index is 11.9. The number of hydrogen-bond acceptors (Lipinski definition) is 6. The van der Waals surface area contributed by atoms with Gasteiger partial charge < -0.3 is 20.5 Å². The van der Waals surface area contributed by atoms with Gasteiger partial charge in [0, 0.05) is 6.04 Å². The van der Waals surface area contributed by atoms with Gasteiger partial charge in [-0.25, -0.2) is 4.79 Å². The van der Waals surface area contributed by atoms with Gasteiger partial charge in [-0.2, -0.15) is 0 Å². The Morgan fingerprint density at radius 1 is 1.40 bits per heavy atom. The van der Waals surface area contributed by atoms with Gasteiger partial charge in [0.2, 0.25) is 0 Å². The maximum Gasteiger partial charge on any atom is 0.350 e. The first kappa shape index (κ1) is 16.6. The summed E-state index contributed by atoms with van der Waals surface area (Å²) in [5.41, 5.74) is 6.33. The Hall–Kier alpha value is -1.43. The molecule has 0 bridgehead atoms. The van der Waals surface area contributed by atoms with Crippen LogP contribution < -0.4 is 15.8 Å². The van der Waals surface area contributed by atoms with Gasteiger partial charge in [0.1, 0.15) is 15.6 Å². The van der Waals surface area contributed by atoms with Gasteiger partial charge in [-0.05, 0) is 19.3 Å². The average molecular weight is 300 g/mol. The van der Waals surface area contributed by atoms with E-state index in [0.29, 0.717) is 34.9 Å². The van der Waals surface area contributed by atoms with E-state index in [2.05, 4.69) is 26.1 Å². The van der Waals surface area contributed by atoms with Crippen LogP contribution in [0.15, 0.2) is 0 Å². The third-order valence-corrected chi connectivity index (χ3v) is 4.22. The van der Waals surface area contributed by atoms with Crippen LogP contribution in [0.5, 0.6) is 5.75 Å². The number of nitrogens with one attached hydrogen (secondary N) is 1. The molecule has 0 radical (unpaired) electrons. The van der Waals surface area contributed by atoms with Crippen LogP contribution in [0.4, 0.5) is 10.7 Å². The van der Waals surface area contributed by atoms with Gasteiger partial charge in [0.15, 0.2) is 5.75 Å². The lowest BCUT2D eigenvalue weighted by Gasteiger charge is -2.21. The number of nitrogens with two attached hydrogens (primary N) is 1. The van der Waals surface area contributed by atoms with E-state index >= 15 is 0 Å². The molecule has 1 aromatic rings. The molecule has 3 N–H and O–H groups in total. The predicted octanol–water partition coefficient (Wildman–Crippen LogP) is 3.36. The summed E-state index contributed by atoms with van der Waals surface area (Å²) in [6, 6.07) is 0.303. The lowest BCUT2D eigenvalue weighted by molar-refractivity contribution is 0.0533. The van der Waals surface area contributed by atoms with E-state index in [0.717, 1.165) is 11.4 Å². The molecule has 20 heavy (non-hydrogen) atoms. The van der Waals surface area contributed by atoms with Crippen LogP contribution in [-0.4, -0.2) is 25.7 Å². The molecule has 0 fully saturated rings. The van der Waals surface area contributed by atoms with E-state index in [-0.39, 0.29) is 0 Å². The standard InChI is InChI=1S/C14H24N2O3S/c1-6-9(8(3)4)16-13-11(18-5)10(15)12(20-13)14(17)19-7-2/h8-9,16H,6-7,15H2,1-5H3. The fraction of sp³-hybridized carbons (Fsp3) is 0.643. The van der Waals surface area contributed by atoms with Crippen LogP contribution in [0.2, 0.25) is 0 Å². The van der Waals surface area contributed by atoms with Gasteiger partial charge in [-0.1, -0.05) is 20.8 Å². The van der Waals surface area contributed by atoms with Crippen LogP contribution in [0.25, 0.3) is 0 Å². The topological polar surface area (TPSA) is 73.6 Å². The first-order valence-corrected chi connectivity index (χ1v) is 7.67. The molecule has 1 rings (SSSR count). The van der Waals surface area contributed by atoms with Crippen molar-refractivity contribution in [1.29, 1.82) is 0 Å². The van der Waals surface area contributed by atoms with E-state index in [4.69, 9.17) is 15.2 Å². The van der Waals surface area contributed by atoms with Crippen LogP contribution in [0, 0.1) is 5.92 Å². The molecular formula is C14H24N2O3S. The minimum atomic E-state index is -0.404. The number of esters is 1. The zero-order chi connectivity index (χ0) is 15.3. The molecular weight excluding hydrogens is 276 g/mol. The molecule has 1 aromatic heterocycles. The summed E-state index contributed by atoms with van der Waals surface area (Å²) >= 11 is 1.28. The number of anilines is 2. The van der Waals surface area contributed by atoms with E-state index in [1.807, 2.05) is 0 Å². The monoisotopic (exact) mass is 300 g/mol. The predicted molar refractivity (Wildman–Crippen MR) is 83.8 cm³/mol. The first-order valence-electron chi connectivity index (χ1n) is 6.86. The number of carbonyl (C=O) groups is 1. The molecule has 114 valence electrons. The van der Waals surface area contributed by atoms with E-state index < -0.39 is 5.97 Å². The second-order valence-electron chi connectivity index (χ2n) is 4.83. The maximum absolute atomic E-state index is 11.9. The second kappa shape index (κ2) is 7.38. The fourth-order valence-corrected chi connectivity index (χ4v) is 3.03. The van der Waals surface area contributed by atoms with Crippen molar-refractivity contribution in [2.24, 2.45) is 5.92 Å². The molecule has 0 amide bonds. The quantitative estimate of drug-likeness (QED) is 0.755. The van der Waals surface area contributed by atoms with Gasteiger partial charge in [0.25, 0.3) is 0 Å². The minimum Gasteiger partial charge on any atom is -0.492 e. The minimum absolute atomic E-state index is 0.303. The third kappa shape index (κ3) is 3.56. The SMILES string of the molecule is CCOC(=O)c1sc(NC(CC)C(C)C)c(OC)c1N. The smallest absolute Gasteiger partial charge is 0.350 e. The highest BCUT2D eigenvalue weighted by atomic mass is 32.1. The summed E-state index contributed by atoms with van der Waals surface area (Å²) < 4.78 is 10.3. The number of carbonyl (C=O) groups excluding carboxylic acids is 1. The highest BCUT2D eigenvalue weighted by Gasteiger charge is 2.24. The van der Waals surface area contributed by atoms with Crippen LogP contribution >= 0.6 is 11.3 Å². The lowest BCUT2D eigenvalue weighted by atomic mass is 10.0. The van der Waals surface area contributed by atoms with Crippen molar-refractivity contribution in [2.75, 3.05) is 24.8 Å². The van der Waals surface area contributed by atoms with Crippen molar-refractivity contribution in [3.05, 3.63) is 4.88 Å². The molecule has 0 aromatic carbocycles. The third-order valence-electron chi connectivity index (χ3n) is 3.13. The van der Waals surface area contributed by atoms with Gasteiger partial charge in [0.05, 0.1) is 13.7 Å². The Balaban J connectivity index is 3.07. The number of ether oxygens (including phenoxy) is 2. The zero-order valence-corrected chi connectivity index (χ0v) is 13.6. The Morgan fingerprint density at radius 2 is 2.05 bits per heavy atom. The molecule has 1 heterocycles. The molecule has 0 aliphatic carbocycles. The lowest BCUT2D eigenvalue weighted by Crippen LogP contribution is -2.24. The Bertz CT molecular complexity index is 458. The molecule has 1 atom stereocenters. The average Bonchev–Trinajstić information content (AvgIpc) is 2.72. The van der Waals surface area contributed by atoms with Crippen molar-refractivity contribution in [2.45, 2.75) is 40.2 Å². The summed E-state index contributed by atoms with van der Waals surface area (Å²) in [5, 5.41) is 4.20. The van der Waals surface area contributed by atoms with Gasteiger partial charge in [-0.15, -0.1) is 11.3 Å². The number of methoxy groups -OCH3 is 1. The number of hydrogen-bond donors (Lipinski definition) is 2. The molecule has 5 nitrogen and oxygen atoms in total. The van der Waals surface area contributed by atoms with E-state index in [9.17, 15) is 4.79 Å². The molecule has 0 aliphatic rings. The number of thiophene rings is 1. The summed E-state index contributed by atoms with van der Waals surface area (Å²) in [5.74, 6) is 0.593. The summed E-state index contributed by atoms with van der Waals surface area (Å²) in [6.07, 6.45) is 0.980. The fourth-order valence-electron chi connectivity index (χ4n) is 1.98. The van der Waals surface area contributed by atoms with Crippen molar-refractivity contribution in [3.8, 4) is 5.75 Å².